The monoisotopic (exact) mass is 470 g/mol. The number of carbonyl (C=O) groups excluding carboxylic acids is 3. The Bertz CT molecular complexity index is 1490. The van der Waals surface area contributed by atoms with Gasteiger partial charge in [-0.2, -0.15) is 0 Å². The number of hydrogen-bond acceptors (Lipinski definition) is 6. The highest BCUT2D eigenvalue weighted by Gasteiger charge is 2.43. The van der Waals surface area contributed by atoms with Crippen LogP contribution in [0.25, 0.3) is 10.9 Å². The fourth-order valence-electron chi connectivity index (χ4n) is 4.20. The minimum absolute atomic E-state index is 0.0340. The summed E-state index contributed by atoms with van der Waals surface area (Å²) in [6.07, 6.45) is 3.02. The Morgan fingerprint density at radius 2 is 1.71 bits per heavy atom. The van der Waals surface area contributed by atoms with Crippen molar-refractivity contribution < 1.29 is 23.9 Å². The van der Waals surface area contributed by atoms with Crippen molar-refractivity contribution in [3.05, 3.63) is 101 Å². The summed E-state index contributed by atoms with van der Waals surface area (Å²) in [4.78, 5) is 49.5. The highest BCUT2D eigenvalue weighted by molar-refractivity contribution is 6.30. The molecule has 9 heteroatoms. The quantitative estimate of drug-likeness (QED) is 0.430. The van der Waals surface area contributed by atoms with Gasteiger partial charge in [0.1, 0.15) is 11.3 Å². The summed E-state index contributed by atoms with van der Waals surface area (Å²) in [6.45, 7) is 1.59. The molecule has 8 nitrogen and oxygen atoms in total. The molecular weight excluding hydrogens is 451 g/mol. The number of nitrogens with zero attached hydrogens (tertiary/aromatic N) is 3. The van der Waals surface area contributed by atoms with Gasteiger partial charge >= 0.3 is 0 Å². The number of halogens is 1. The lowest BCUT2D eigenvalue weighted by Gasteiger charge is -2.17. The molecule has 0 saturated heterocycles. The summed E-state index contributed by atoms with van der Waals surface area (Å²) < 4.78 is 13.3. The number of amides is 3. The van der Waals surface area contributed by atoms with Gasteiger partial charge in [-0.25, -0.2) is 4.39 Å². The van der Waals surface area contributed by atoms with Gasteiger partial charge in [0.25, 0.3) is 17.7 Å². The van der Waals surface area contributed by atoms with Gasteiger partial charge in [-0.15, -0.1) is 0 Å². The maximum Gasteiger partial charge on any atom is 0.265 e. The van der Waals surface area contributed by atoms with Crippen molar-refractivity contribution in [2.45, 2.75) is 19.5 Å². The zero-order chi connectivity index (χ0) is 24.7. The molecule has 4 aromatic rings. The van der Waals surface area contributed by atoms with Crippen molar-refractivity contribution in [3.63, 3.8) is 0 Å². The molecule has 2 aromatic carbocycles. The van der Waals surface area contributed by atoms with Crippen molar-refractivity contribution in [1.82, 2.24) is 20.2 Å². The van der Waals surface area contributed by atoms with Crippen molar-refractivity contribution in [1.29, 1.82) is 0 Å². The zero-order valence-corrected chi connectivity index (χ0v) is 18.5. The Hall–Kier alpha value is -4.66. The first-order valence-electron chi connectivity index (χ1n) is 10.8. The molecule has 0 spiro atoms. The highest BCUT2D eigenvalue weighted by Crippen LogP contribution is 2.40. The second-order valence-corrected chi connectivity index (χ2v) is 8.15. The van der Waals surface area contributed by atoms with E-state index < -0.39 is 35.3 Å². The molecule has 0 fully saturated rings. The van der Waals surface area contributed by atoms with Crippen LogP contribution in [0.1, 0.15) is 55.3 Å². The van der Waals surface area contributed by atoms with Gasteiger partial charge in [0.15, 0.2) is 5.75 Å². The SMILES string of the molecule is CC(NC(=O)c1c2c(c(O)c3ncccc13)C(=O)N(Cc1ccc(F)cc1)C2=O)c1ccccn1. The second kappa shape index (κ2) is 8.60. The first-order valence-corrected chi connectivity index (χ1v) is 10.8. The lowest BCUT2D eigenvalue weighted by atomic mass is 9.95. The average Bonchev–Trinajstić information content (AvgIpc) is 3.11. The highest BCUT2D eigenvalue weighted by atomic mass is 19.1. The Labute approximate surface area is 199 Å². The molecule has 0 saturated carbocycles. The molecule has 1 aliphatic heterocycles. The van der Waals surface area contributed by atoms with Crippen LogP contribution in [0.2, 0.25) is 0 Å². The van der Waals surface area contributed by atoms with Crippen molar-refractivity contribution in [2.75, 3.05) is 0 Å². The Balaban J connectivity index is 1.61. The molecule has 2 N–H and O–H groups in total. The molecule has 0 radical (unpaired) electrons. The molecule has 0 bridgehead atoms. The molecule has 35 heavy (non-hydrogen) atoms. The van der Waals surface area contributed by atoms with E-state index >= 15 is 0 Å². The van der Waals surface area contributed by atoms with E-state index in [2.05, 4.69) is 15.3 Å². The number of rotatable bonds is 5. The Morgan fingerprint density at radius 3 is 2.43 bits per heavy atom. The van der Waals surface area contributed by atoms with E-state index in [1.54, 1.807) is 43.5 Å². The Morgan fingerprint density at radius 1 is 1.00 bits per heavy atom. The second-order valence-electron chi connectivity index (χ2n) is 8.15. The third kappa shape index (κ3) is 3.76. The van der Waals surface area contributed by atoms with Crippen LogP contribution in [0.3, 0.4) is 0 Å². The minimum Gasteiger partial charge on any atom is -0.505 e. The molecule has 2 aromatic heterocycles. The van der Waals surface area contributed by atoms with E-state index in [1.807, 2.05) is 0 Å². The molecule has 5 rings (SSSR count). The fourth-order valence-corrected chi connectivity index (χ4v) is 4.20. The lowest BCUT2D eigenvalue weighted by Crippen LogP contribution is -2.31. The number of phenols is 1. The predicted molar refractivity (Wildman–Crippen MR) is 124 cm³/mol. The number of aromatic nitrogens is 2. The van der Waals surface area contributed by atoms with E-state index in [0.717, 1.165) is 4.90 Å². The summed E-state index contributed by atoms with van der Waals surface area (Å²) in [7, 11) is 0. The van der Waals surface area contributed by atoms with Crippen molar-refractivity contribution in [3.8, 4) is 5.75 Å². The number of benzene rings is 2. The summed E-state index contributed by atoms with van der Waals surface area (Å²) in [5.41, 5.74) is 0.631. The van der Waals surface area contributed by atoms with Crippen LogP contribution in [0.4, 0.5) is 4.39 Å². The van der Waals surface area contributed by atoms with Gasteiger partial charge < -0.3 is 10.4 Å². The first-order chi connectivity index (χ1) is 16.9. The topological polar surface area (TPSA) is 112 Å². The number of phenolic OH excluding ortho intramolecular Hbond substituents is 1. The van der Waals surface area contributed by atoms with Gasteiger partial charge in [-0.05, 0) is 42.8 Å². The van der Waals surface area contributed by atoms with E-state index in [4.69, 9.17) is 0 Å². The van der Waals surface area contributed by atoms with Crippen LogP contribution in [0.5, 0.6) is 5.75 Å². The lowest BCUT2D eigenvalue weighted by molar-refractivity contribution is 0.0639. The molecule has 0 aliphatic carbocycles. The van der Waals surface area contributed by atoms with Crippen LogP contribution in [0, 0.1) is 5.82 Å². The van der Waals surface area contributed by atoms with Crippen LogP contribution in [-0.2, 0) is 6.54 Å². The smallest absolute Gasteiger partial charge is 0.265 e. The molecule has 1 unspecified atom stereocenters. The van der Waals surface area contributed by atoms with E-state index in [-0.39, 0.29) is 34.1 Å². The summed E-state index contributed by atoms with van der Waals surface area (Å²) in [6, 6.07) is 13.3. The maximum atomic E-state index is 13.5. The van der Waals surface area contributed by atoms with Gasteiger partial charge in [-0.1, -0.05) is 24.3 Å². The largest absolute Gasteiger partial charge is 0.505 e. The number of nitrogens with one attached hydrogen (secondary N) is 1. The summed E-state index contributed by atoms with van der Waals surface area (Å²) >= 11 is 0. The maximum absolute atomic E-state index is 13.5. The van der Waals surface area contributed by atoms with Crippen LogP contribution < -0.4 is 5.32 Å². The molecule has 1 atom stereocenters. The molecule has 3 heterocycles. The standard InChI is InChI=1S/C26H19FN4O4/c1-14(18-6-2-3-11-28-18)30-24(33)19-17-5-4-12-29-22(17)23(32)21-20(19)25(34)31(26(21)35)13-15-7-9-16(27)10-8-15/h2-12,14,32H,13H2,1H3,(H,30,33). The molecule has 174 valence electrons. The van der Waals surface area contributed by atoms with E-state index in [1.165, 1.54) is 30.5 Å². The molecule has 3 amide bonds. The van der Waals surface area contributed by atoms with E-state index in [0.29, 0.717) is 11.3 Å². The number of fused-ring (bicyclic) bond motifs is 2. The number of imide groups is 1. The molecular formula is C26H19FN4O4. The third-order valence-electron chi connectivity index (χ3n) is 5.92. The predicted octanol–water partition coefficient (Wildman–Crippen LogP) is 3.76. The van der Waals surface area contributed by atoms with Gasteiger partial charge in [-0.3, -0.25) is 29.3 Å². The summed E-state index contributed by atoms with van der Waals surface area (Å²) in [5.74, 6) is -3.02. The van der Waals surface area contributed by atoms with E-state index in [9.17, 15) is 23.9 Å². The van der Waals surface area contributed by atoms with Gasteiger partial charge in [0, 0.05) is 17.8 Å². The third-order valence-corrected chi connectivity index (χ3v) is 5.92. The number of pyridine rings is 2. The number of carbonyl (C=O) groups is 3. The van der Waals surface area contributed by atoms with Crippen molar-refractivity contribution in [2.24, 2.45) is 0 Å². The summed E-state index contributed by atoms with van der Waals surface area (Å²) in [5, 5.41) is 14.0. The minimum atomic E-state index is -0.758. The first kappa shape index (κ1) is 22.1. The van der Waals surface area contributed by atoms with Gasteiger partial charge in [0.05, 0.1) is 35.0 Å². The number of aromatic hydroxyl groups is 1. The number of hydrogen-bond donors (Lipinski definition) is 2. The molecule has 1 aliphatic rings. The van der Waals surface area contributed by atoms with Crippen LogP contribution >= 0.6 is 0 Å². The van der Waals surface area contributed by atoms with Crippen molar-refractivity contribution >= 4 is 28.6 Å². The van der Waals surface area contributed by atoms with Gasteiger partial charge in [0.2, 0.25) is 0 Å². The average molecular weight is 470 g/mol. The fraction of sp³-hybridized carbons (Fsp3) is 0.115. The van der Waals surface area contributed by atoms with Crippen LogP contribution in [0.15, 0.2) is 67.0 Å². The Kier molecular flexibility index (Phi) is 5.44. The zero-order valence-electron chi connectivity index (χ0n) is 18.5. The van der Waals surface area contributed by atoms with Crippen LogP contribution in [-0.4, -0.2) is 37.7 Å². The normalized spacial score (nSPS) is 13.7.